The highest BCUT2D eigenvalue weighted by molar-refractivity contribution is 5.69. The number of halogens is 2. The van der Waals surface area contributed by atoms with Crippen LogP contribution in [-0.4, -0.2) is 0 Å². The van der Waals surface area contributed by atoms with Crippen LogP contribution in [0, 0.1) is 20.5 Å². The first-order valence-corrected chi connectivity index (χ1v) is 12.6. The Hall–Kier alpha value is -3.66. The molecule has 3 aromatic rings. The number of furan rings is 2. The van der Waals surface area contributed by atoms with Crippen molar-refractivity contribution in [3.05, 3.63) is 95.8 Å². The van der Waals surface area contributed by atoms with Gasteiger partial charge in [-0.1, -0.05) is 0 Å². The van der Waals surface area contributed by atoms with Crippen molar-refractivity contribution in [1.82, 2.24) is 0 Å². The molecule has 38 heavy (non-hydrogen) atoms. The van der Waals surface area contributed by atoms with E-state index in [0.29, 0.717) is 0 Å². The van der Waals surface area contributed by atoms with E-state index in [0.717, 1.165) is 45.4 Å². The maximum absolute atomic E-state index is 8.49. The lowest BCUT2D eigenvalue weighted by Crippen LogP contribution is -2.68. The quantitative estimate of drug-likeness (QED) is 0.181. The molecule has 0 radical (unpaired) electrons. The fourth-order valence-electron chi connectivity index (χ4n) is 2.85. The molecule has 0 unspecified atom stereocenters. The van der Waals surface area contributed by atoms with Crippen molar-refractivity contribution < 1.29 is 75.4 Å². The zero-order chi connectivity index (χ0) is 27.8. The van der Waals surface area contributed by atoms with Gasteiger partial charge in [0.05, 0.1) is 24.3 Å². The average molecular weight is 567 g/mol. The Labute approximate surface area is 217 Å². The molecule has 5 heterocycles. The van der Waals surface area contributed by atoms with Gasteiger partial charge >= 0.3 is 23.0 Å². The topological polar surface area (TPSA) is 233 Å². The summed E-state index contributed by atoms with van der Waals surface area (Å²) >= 11 is 0. The normalized spacial score (nSPS) is 12.0. The largest absolute Gasteiger partial charge is 0.457 e. The fraction of sp³-hybridized carbons (Fsp3) is 0. The molecule has 8 bridgehead atoms. The van der Waals surface area contributed by atoms with Crippen LogP contribution in [0.3, 0.4) is 0 Å². The second kappa shape index (κ2) is 12.7. The van der Waals surface area contributed by atoms with E-state index in [1.807, 2.05) is 97.1 Å². The average Bonchev–Trinajstić information content (AvgIpc) is 3.59. The van der Waals surface area contributed by atoms with E-state index < -0.39 is 20.5 Å². The maximum atomic E-state index is 8.49. The lowest BCUT2D eigenvalue weighted by Gasteiger charge is -2.17. The summed E-state index contributed by atoms with van der Waals surface area (Å²) in [7, 11) is -9.89. The van der Waals surface area contributed by atoms with E-state index in [-0.39, 0.29) is 0 Å². The second-order valence-electron chi connectivity index (χ2n) is 7.05. The zero-order valence-corrected chi connectivity index (χ0v) is 20.4. The molecule has 12 nitrogen and oxygen atoms in total. The summed E-state index contributed by atoms with van der Waals surface area (Å²) < 4.78 is 91.1. The van der Waals surface area contributed by atoms with E-state index in [9.17, 15) is 0 Å². The molecule has 0 aliphatic carbocycles. The van der Waals surface area contributed by atoms with Crippen molar-refractivity contribution in [3.8, 4) is 0 Å². The minimum absolute atomic E-state index is 0.744. The van der Waals surface area contributed by atoms with Crippen molar-refractivity contribution >= 4 is 46.6 Å². The molecule has 0 amide bonds. The Morgan fingerprint density at radius 1 is 0.368 bits per heavy atom. The van der Waals surface area contributed by atoms with E-state index in [1.165, 1.54) is 0 Å². The molecule has 198 valence electrons. The van der Waals surface area contributed by atoms with Crippen LogP contribution in [0.1, 0.15) is 23.0 Å². The highest BCUT2D eigenvalue weighted by atomic mass is 35.7. The molecule has 14 heteroatoms. The summed E-state index contributed by atoms with van der Waals surface area (Å²) in [5.41, 5.74) is 2.98. The van der Waals surface area contributed by atoms with Gasteiger partial charge in [0.2, 0.25) is 0 Å². The number of fused-ring (bicyclic) bond motifs is 8. The summed E-state index contributed by atoms with van der Waals surface area (Å²) in [6.07, 6.45) is 7.64. The first-order valence-electron chi connectivity index (χ1n) is 10.2. The van der Waals surface area contributed by atoms with Gasteiger partial charge in [-0.3, -0.25) is 0 Å². The molecule has 0 N–H and O–H groups in total. The van der Waals surface area contributed by atoms with Gasteiger partial charge in [0.15, 0.2) is 0 Å². The lowest BCUT2D eigenvalue weighted by atomic mass is 10.3. The molecule has 3 aromatic heterocycles. The van der Waals surface area contributed by atoms with Gasteiger partial charge in [0.1, 0.15) is 22.3 Å². The Morgan fingerprint density at radius 3 is 0.763 bits per heavy atom. The van der Waals surface area contributed by atoms with Gasteiger partial charge in [0, 0.05) is 24.3 Å². The van der Waals surface area contributed by atoms with Crippen LogP contribution in [0.5, 0.6) is 0 Å². The fourth-order valence-corrected chi connectivity index (χ4v) is 2.85. The monoisotopic (exact) mass is 566 g/mol. The van der Waals surface area contributed by atoms with Gasteiger partial charge in [-0.2, -0.15) is 0 Å². The number of rotatable bonds is 0. The zero-order valence-electron chi connectivity index (χ0n) is 18.9. The van der Waals surface area contributed by atoms with Crippen molar-refractivity contribution in [2.45, 2.75) is 0 Å². The molecule has 0 aromatic carbocycles. The van der Waals surface area contributed by atoms with Crippen LogP contribution < -0.4 is 37.3 Å². The second-order valence-corrected chi connectivity index (χ2v) is 8.56. The molecule has 0 atom stereocenters. The van der Waals surface area contributed by atoms with Crippen molar-refractivity contribution in [3.63, 3.8) is 0 Å². The number of hydrogen-bond acceptors (Lipinski definition) is 10. The summed E-state index contributed by atoms with van der Waals surface area (Å²) in [5, 5.41) is 0. The van der Waals surface area contributed by atoms with Crippen LogP contribution in [0.2, 0.25) is 0 Å². The lowest BCUT2D eigenvalue weighted by molar-refractivity contribution is -2.00. The van der Waals surface area contributed by atoms with E-state index >= 15 is 0 Å². The van der Waals surface area contributed by atoms with Crippen LogP contribution in [0.25, 0.3) is 46.6 Å². The Morgan fingerprint density at radius 2 is 0.553 bits per heavy atom. The Kier molecular flexibility index (Phi) is 9.68. The van der Waals surface area contributed by atoms with Crippen LogP contribution in [-0.2, 0) is 0 Å². The standard InChI is InChI=1S/C24H16O4.2ClHO4/c1-2-18-11-12-20-5-6-22(27-20)15-16-24-8-7-23(28-24)14-13-21-4-3-19(26-21)10-9-17(1)25-18;2*2-1(3,4)5/h1-16H;2*(H,2,3,4,5)/q+2;;/p-2. The van der Waals surface area contributed by atoms with Crippen molar-refractivity contribution in [2.75, 3.05) is 0 Å². The van der Waals surface area contributed by atoms with Gasteiger partial charge in [0.25, 0.3) is 0 Å². The summed E-state index contributed by atoms with van der Waals surface area (Å²) in [6, 6.07) is 22.6. The molecule has 0 spiro atoms. The van der Waals surface area contributed by atoms with E-state index in [2.05, 4.69) is 0 Å². The van der Waals surface area contributed by atoms with Crippen LogP contribution in [0.15, 0.2) is 90.5 Å². The molecular weight excluding hydrogens is 551 g/mol. The predicted molar refractivity (Wildman–Crippen MR) is 110 cm³/mol. The molecule has 0 saturated heterocycles. The smallest absolute Gasteiger partial charge is 0.354 e. The maximum Gasteiger partial charge on any atom is 0.354 e. The molecule has 2 aliphatic rings. The molecule has 2 aliphatic heterocycles. The summed E-state index contributed by atoms with van der Waals surface area (Å²) in [6.45, 7) is 0. The highest BCUT2D eigenvalue weighted by Crippen LogP contribution is 2.18. The number of hydrogen-bond donors (Lipinski definition) is 0. The summed E-state index contributed by atoms with van der Waals surface area (Å²) in [4.78, 5) is 0. The molecular formula is C24H16Cl2O12. The first kappa shape index (κ1) is 28.9. The third-order valence-electron chi connectivity index (χ3n) is 4.24. The van der Waals surface area contributed by atoms with Gasteiger partial charge in [-0.15, -0.1) is 20.5 Å². The molecule has 0 saturated carbocycles. The van der Waals surface area contributed by atoms with E-state index in [1.54, 1.807) is 0 Å². The van der Waals surface area contributed by atoms with Gasteiger partial charge in [-0.05, 0) is 48.5 Å². The van der Waals surface area contributed by atoms with Crippen LogP contribution >= 0.6 is 0 Å². The first-order chi connectivity index (χ1) is 17.8. The molecule has 0 fully saturated rings. The molecule has 5 rings (SSSR count). The predicted octanol–water partition coefficient (Wildman–Crippen LogP) is -2.24. The van der Waals surface area contributed by atoms with Crippen molar-refractivity contribution in [1.29, 1.82) is 0 Å². The summed E-state index contributed by atoms with van der Waals surface area (Å²) in [5.74, 6) is 2.98. The minimum atomic E-state index is -4.94. The van der Waals surface area contributed by atoms with Gasteiger partial charge < -0.3 is 8.83 Å². The third kappa shape index (κ3) is 11.6. The van der Waals surface area contributed by atoms with Crippen LogP contribution in [0.4, 0.5) is 0 Å². The van der Waals surface area contributed by atoms with E-state index in [4.69, 9.17) is 54.9 Å². The minimum Gasteiger partial charge on any atom is -0.457 e. The SMILES string of the molecule is C1=Cc2ccc3ccc(ccc4[o+]c(ccc5ccc(ccc1[o+]2)o5)C=C4)o3.[O-][Cl+3]([O-])([O-])[O-].[O-][Cl+3]([O-])([O-])[O-]. The van der Waals surface area contributed by atoms with Crippen molar-refractivity contribution in [2.24, 2.45) is 0 Å². The Balaban J connectivity index is 0.000000344. The third-order valence-corrected chi connectivity index (χ3v) is 4.24. The van der Waals surface area contributed by atoms with Gasteiger partial charge in [-0.25, -0.2) is 46.1 Å². The Bertz CT molecular complexity index is 1310. The highest BCUT2D eigenvalue weighted by Gasteiger charge is 2.12.